The smallest absolute Gasteiger partial charge is 0.329 e. The lowest BCUT2D eigenvalue weighted by molar-refractivity contribution is -0.902. The number of hydrogen-bond donors (Lipinski definition) is 2. The van der Waals surface area contributed by atoms with Gasteiger partial charge in [-0.2, -0.15) is 0 Å². The molecule has 8 heteroatoms. The number of aromatic nitrogens is 4. The van der Waals surface area contributed by atoms with Crippen molar-refractivity contribution in [1.29, 1.82) is 0 Å². The molecule has 0 radical (unpaired) electrons. The van der Waals surface area contributed by atoms with E-state index in [1.807, 2.05) is 34.9 Å². The largest absolute Gasteiger partial charge is 0.334 e. The average Bonchev–Trinajstić information content (AvgIpc) is 3.07. The minimum atomic E-state index is -0.434. The van der Waals surface area contributed by atoms with E-state index in [1.165, 1.54) is 36.9 Å². The number of hydrogen-bond acceptors (Lipinski definition) is 4. The van der Waals surface area contributed by atoms with E-state index in [4.69, 9.17) is 0 Å². The Morgan fingerprint density at radius 2 is 1.89 bits per heavy atom. The second-order valence-corrected chi connectivity index (χ2v) is 8.43. The van der Waals surface area contributed by atoms with E-state index in [-0.39, 0.29) is 5.56 Å². The van der Waals surface area contributed by atoms with Crippen LogP contribution in [0, 0.1) is 0 Å². The van der Waals surface area contributed by atoms with Gasteiger partial charge in [-0.15, -0.1) is 0 Å². The molecule has 148 valence electrons. The van der Waals surface area contributed by atoms with Gasteiger partial charge in [-0.25, -0.2) is 9.78 Å². The van der Waals surface area contributed by atoms with Crippen LogP contribution in [0.25, 0.3) is 11.2 Å². The first kappa shape index (κ1) is 19.0. The quantitative estimate of drug-likeness (QED) is 0.595. The molecule has 0 atom stereocenters. The SMILES string of the molecule is Cn1c(=O)[nH]c(=O)c2c1nc(SCC[NH+]1CCCCC1)n2Cc1ccccc1. The molecule has 0 bridgehead atoms. The van der Waals surface area contributed by atoms with Gasteiger partial charge in [-0.05, 0) is 24.8 Å². The fourth-order valence-electron chi connectivity index (χ4n) is 3.83. The van der Waals surface area contributed by atoms with Crippen LogP contribution in [0.15, 0.2) is 45.1 Å². The summed E-state index contributed by atoms with van der Waals surface area (Å²) in [5.74, 6) is 0.944. The number of fused-ring (bicyclic) bond motifs is 1. The Morgan fingerprint density at radius 1 is 1.14 bits per heavy atom. The molecule has 1 aromatic carbocycles. The predicted octanol–water partition coefficient (Wildman–Crippen LogP) is 0.633. The van der Waals surface area contributed by atoms with E-state index in [0.717, 1.165) is 23.0 Å². The van der Waals surface area contributed by atoms with E-state index < -0.39 is 5.69 Å². The van der Waals surface area contributed by atoms with Crippen molar-refractivity contribution in [1.82, 2.24) is 19.1 Å². The molecular formula is C20H26N5O2S+. The van der Waals surface area contributed by atoms with Crippen molar-refractivity contribution in [3.8, 4) is 0 Å². The molecule has 1 saturated heterocycles. The fourth-order valence-corrected chi connectivity index (χ4v) is 4.86. The molecule has 0 aliphatic carbocycles. The number of piperidine rings is 1. The number of imidazole rings is 1. The molecule has 2 N–H and O–H groups in total. The molecule has 7 nitrogen and oxygen atoms in total. The Morgan fingerprint density at radius 3 is 2.64 bits per heavy atom. The molecule has 1 fully saturated rings. The van der Waals surface area contributed by atoms with Crippen LogP contribution in [-0.4, -0.2) is 44.5 Å². The Kier molecular flexibility index (Phi) is 5.68. The molecule has 4 rings (SSSR count). The fraction of sp³-hybridized carbons (Fsp3) is 0.450. The lowest BCUT2D eigenvalue weighted by Crippen LogP contribution is -3.13. The van der Waals surface area contributed by atoms with Crippen molar-refractivity contribution in [3.63, 3.8) is 0 Å². The molecule has 1 aliphatic rings. The zero-order chi connectivity index (χ0) is 19.5. The summed E-state index contributed by atoms with van der Waals surface area (Å²) in [5, 5.41) is 0.793. The van der Waals surface area contributed by atoms with Crippen molar-refractivity contribution < 1.29 is 4.90 Å². The molecular weight excluding hydrogens is 374 g/mol. The Labute approximate surface area is 167 Å². The molecule has 0 saturated carbocycles. The van der Waals surface area contributed by atoms with E-state index >= 15 is 0 Å². The normalized spacial score (nSPS) is 15.3. The van der Waals surface area contributed by atoms with E-state index in [0.29, 0.717) is 17.7 Å². The van der Waals surface area contributed by atoms with Crippen molar-refractivity contribution in [2.75, 3.05) is 25.4 Å². The highest BCUT2D eigenvalue weighted by Crippen LogP contribution is 2.22. The third-order valence-electron chi connectivity index (χ3n) is 5.40. The highest BCUT2D eigenvalue weighted by Gasteiger charge is 2.19. The highest BCUT2D eigenvalue weighted by molar-refractivity contribution is 7.99. The Balaban J connectivity index is 1.66. The molecule has 2 aromatic heterocycles. The first-order chi connectivity index (χ1) is 13.6. The van der Waals surface area contributed by atoms with Crippen molar-refractivity contribution in [2.45, 2.75) is 31.0 Å². The van der Waals surface area contributed by atoms with Crippen molar-refractivity contribution in [3.05, 3.63) is 56.7 Å². The number of nitrogens with zero attached hydrogens (tertiary/aromatic N) is 3. The van der Waals surface area contributed by atoms with Crippen LogP contribution in [0.3, 0.4) is 0 Å². The number of aromatic amines is 1. The predicted molar refractivity (Wildman–Crippen MR) is 111 cm³/mol. The number of H-pyrrole nitrogens is 1. The topological polar surface area (TPSA) is 77.1 Å². The minimum absolute atomic E-state index is 0.380. The molecule has 0 spiro atoms. The highest BCUT2D eigenvalue weighted by atomic mass is 32.2. The van der Waals surface area contributed by atoms with Gasteiger partial charge in [0.25, 0.3) is 5.56 Å². The molecule has 0 unspecified atom stereocenters. The first-order valence-electron chi connectivity index (χ1n) is 9.83. The summed E-state index contributed by atoms with van der Waals surface area (Å²) >= 11 is 1.67. The van der Waals surface area contributed by atoms with E-state index in [2.05, 4.69) is 9.97 Å². The third-order valence-corrected chi connectivity index (χ3v) is 6.38. The van der Waals surface area contributed by atoms with Crippen LogP contribution in [0.1, 0.15) is 24.8 Å². The summed E-state index contributed by atoms with van der Waals surface area (Å²) in [6.07, 6.45) is 3.97. The summed E-state index contributed by atoms with van der Waals surface area (Å²) in [6.45, 7) is 4.14. The zero-order valence-corrected chi connectivity index (χ0v) is 16.9. The van der Waals surface area contributed by atoms with E-state index in [9.17, 15) is 9.59 Å². The van der Waals surface area contributed by atoms with Gasteiger partial charge >= 0.3 is 5.69 Å². The van der Waals surface area contributed by atoms with Gasteiger partial charge in [0.05, 0.1) is 31.9 Å². The standard InChI is InChI=1S/C20H25N5O2S/c1-23-17-16(18(26)22-19(23)27)25(14-15-8-4-2-5-9-15)20(21-17)28-13-12-24-10-6-3-7-11-24/h2,4-5,8-9H,3,6-7,10-14H2,1H3,(H,22,26,27)/p+1. The zero-order valence-electron chi connectivity index (χ0n) is 16.1. The summed E-state index contributed by atoms with van der Waals surface area (Å²) in [7, 11) is 1.65. The van der Waals surface area contributed by atoms with Crippen molar-refractivity contribution >= 4 is 22.9 Å². The number of thioether (sulfide) groups is 1. The lowest BCUT2D eigenvalue weighted by Gasteiger charge is -2.23. The third kappa shape index (κ3) is 3.93. The van der Waals surface area contributed by atoms with Gasteiger partial charge in [-0.1, -0.05) is 42.1 Å². The number of quaternary nitrogens is 1. The second-order valence-electron chi connectivity index (χ2n) is 7.37. The number of nitrogens with one attached hydrogen (secondary N) is 2. The van der Waals surface area contributed by atoms with Gasteiger partial charge in [0.2, 0.25) is 0 Å². The maximum atomic E-state index is 12.6. The summed E-state index contributed by atoms with van der Waals surface area (Å²) in [5.41, 5.74) is 1.18. The van der Waals surface area contributed by atoms with E-state index in [1.54, 1.807) is 23.7 Å². The molecule has 0 amide bonds. The van der Waals surface area contributed by atoms with Gasteiger partial charge in [0.1, 0.15) is 0 Å². The summed E-state index contributed by atoms with van der Waals surface area (Å²) < 4.78 is 3.36. The summed E-state index contributed by atoms with van der Waals surface area (Å²) in [4.78, 5) is 33.3. The maximum Gasteiger partial charge on any atom is 0.329 e. The second kappa shape index (κ2) is 8.36. The van der Waals surface area contributed by atoms with Crippen LogP contribution in [0.5, 0.6) is 0 Å². The molecule has 3 heterocycles. The minimum Gasteiger partial charge on any atom is -0.334 e. The Bertz CT molecular complexity index is 1060. The first-order valence-corrected chi connectivity index (χ1v) is 10.8. The molecule has 28 heavy (non-hydrogen) atoms. The number of rotatable bonds is 6. The van der Waals surface area contributed by atoms with Crippen LogP contribution in [-0.2, 0) is 13.6 Å². The lowest BCUT2D eigenvalue weighted by atomic mass is 10.1. The van der Waals surface area contributed by atoms with Crippen LogP contribution < -0.4 is 16.1 Å². The average molecular weight is 401 g/mol. The maximum absolute atomic E-state index is 12.6. The van der Waals surface area contributed by atoms with Crippen molar-refractivity contribution in [2.24, 2.45) is 7.05 Å². The van der Waals surface area contributed by atoms with Crippen LogP contribution in [0.4, 0.5) is 0 Å². The summed E-state index contributed by atoms with van der Waals surface area (Å²) in [6, 6.07) is 10.0. The Hall–Kier alpha value is -2.32. The van der Waals surface area contributed by atoms with Gasteiger partial charge in [0, 0.05) is 7.05 Å². The van der Waals surface area contributed by atoms with Crippen LogP contribution >= 0.6 is 11.8 Å². The number of benzene rings is 1. The monoisotopic (exact) mass is 400 g/mol. The van der Waals surface area contributed by atoms with Crippen LogP contribution in [0.2, 0.25) is 0 Å². The number of aryl methyl sites for hydroxylation is 1. The van der Waals surface area contributed by atoms with Gasteiger partial charge in [-0.3, -0.25) is 14.3 Å². The van der Waals surface area contributed by atoms with Gasteiger partial charge in [0.15, 0.2) is 16.3 Å². The molecule has 3 aromatic rings. The number of likely N-dealkylation sites (tertiary alicyclic amines) is 1. The molecule has 1 aliphatic heterocycles. The van der Waals surface area contributed by atoms with Gasteiger partial charge < -0.3 is 9.47 Å².